The molecule has 0 aliphatic carbocycles. The van der Waals surface area contributed by atoms with Gasteiger partial charge in [-0.15, -0.1) is 0 Å². The molecule has 1 amide bonds. The zero-order valence-corrected chi connectivity index (χ0v) is 11.3. The quantitative estimate of drug-likeness (QED) is 0.890. The molecule has 1 N–H and O–H groups in total. The Kier molecular flexibility index (Phi) is 3.88. The molecule has 0 saturated carbocycles. The fourth-order valence-electron chi connectivity index (χ4n) is 2.88. The summed E-state index contributed by atoms with van der Waals surface area (Å²) < 4.78 is 0. The largest absolute Gasteiger partial charge is 0.481 e. The van der Waals surface area contributed by atoms with Crippen molar-refractivity contribution in [2.24, 2.45) is 0 Å². The zero-order chi connectivity index (χ0) is 14.0. The first-order valence-electron chi connectivity index (χ1n) is 6.60. The minimum atomic E-state index is -0.784. The third-order valence-corrected chi connectivity index (χ3v) is 3.71. The zero-order valence-electron chi connectivity index (χ0n) is 11.3. The van der Waals surface area contributed by atoms with Gasteiger partial charge in [0.1, 0.15) is 0 Å². The number of aliphatic carboxylic acids is 1. The Balaban J connectivity index is 2.50. The van der Waals surface area contributed by atoms with Crippen molar-refractivity contribution < 1.29 is 14.7 Å². The fraction of sp³-hybridized carbons (Fsp3) is 0.467. The summed E-state index contributed by atoms with van der Waals surface area (Å²) in [5, 5.41) is 9.05. The Morgan fingerprint density at radius 3 is 2.79 bits per heavy atom. The monoisotopic (exact) mass is 261 g/mol. The molecule has 1 aromatic rings. The van der Waals surface area contributed by atoms with Gasteiger partial charge in [-0.3, -0.25) is 9.59 Å². The number of rotatable bonds is 2. The second-order valence-electron chi connectivity index (χ2n) is 5.12. The number of carboxylic acid groups (broad SMARTS) is 1. The van der Waals surface area contributed by atoms with Crippen LogP contribution in [0.1, 0.15) is 43.2 Å². The standard InChI is InChI=1S/C15H19NO3/c1-10-5-3-7-13-12(9-14(18)19)6-4-8-16(11(2)17)15(10)13/h3,5,7,12H,4,6,8-9H2,1-2H3,(H,18,19). The van der Waals surface area contributed by atoms with Crippen LogP contribution in [0.3, 0.4) is 0 Å². The first-order chi connectivity index (χ1) is 9.00. The Labute approximate surface area is 113 Å². The van der Waals surface area contributed by atoms with E-state index in [4.69, 9.17) is 5.11 Å². The number of aryl methyl sites for hydroxylation is 1. The summed E-state index contributed by atoms with van der Waals surface area (Å²) in [5.74, 6) is -0.767. The molecule has 1 aromatic carbocycles. The van der Waals surface area contributed by atoms with Gasteiger partial charge >= 0.3 is 5.97 Å². The van der Waals surface area contributed by atoms with E-state index in [0.29, 0.717) is 6.54 Å². The predicted octanol–water partition coefficient (Wildman–Crippen LogP) is 2.70. The smallest absolute Gasteiger partial charge is 0.303 e. The molecule has 0 radical (unpaired) electrons. The molecule has 0 bridgehead atoms. The fourth-order valence-corrected chi connectivity index (χ4v) is 2.88. The SMILES string of the molecule is CC(=O)N1CCCC(CC(=O)O)c2cccc(C)c21. The highest BCUT2D eigenvalue weighted by Crippen LogP contribution is 2.38. The number of hydrogen-bond donors (Lipinski definition) is 1. The summed E-state index contributed by atoms with van der Waals surface area (Å²) in [7, 11) is 0. The topological polar surface area (TPSA) is 57.6 Å². The number of nitrogens with zero attached hydrogens (tertiary/aromatic N) is 1. The molecule has 2 rings (SSSR count). The summed E-state index contributed by atoms with van der Waals surface area (Å²) in [4.78, 5) is 24.6. The van der Waals surface area contributed by atoms with E-state index in [-0.39, 0.29) is 18.2 Å². The summed E-state index contributed by atoms with van der Waals surface area (Å²) in [6, 6.07) is 5.86. The van der Waals surface area contributed by atoms with E-state index in [9.17, 15) is 9.59 Å². The Bertz CT molecular complexity index is 510. The molecule has 4 heteroatoms. The van der Waals surface area contributed by atoms with E-state index in [1.165, 1.54) is 0 Å². The van der Waals surface area contributed by atoms with Gasteiger partial charge in [0.15, 0.2) is 0 Å². The number of amides is 1. The second-order valence-corrected chi connectivity index (χ2v) is 5.12. The molecule has 1 heterocycles. The normalized spacial score (nSPS) is 18.6. The van der Waals surface area contributed by atoms with Gasteiger partial charge in [-0.2, -0.15) is 0 Å². The second kappa shape index (κ2) is 5.43. The highest BCUT2D eigenvalue weighted by atomic mass is 16.4. The Morgan fingerprint density at radius 2 is 2.16 bits per heavy atom. The van der Waals surface area contributed by atoms with Gasteiger partial charge in [-0.25, -0.2) is 0 Å². The number of carbonyl (C=O) groups excluding carboxylic acids is 1. The van der Waals surface area contributed by atoms with Crippen LogP contribution in [0.15, 0.2) is 18.2 Å². The number of para-hydroxylation sites is 1. The van der Waals surface area contributed by atoms with Gasteiger partial charge in [0, 0.05) is 19.2 Å². The molecule has 1 aliphatic rings. The van der Waals surface area contributed by atoms with Crippen molar-refractivity contribution in [1.29, 1.82) is 0 Å². The lowest BCUT2D eigenvalue weighted by Gasteiger charge is -2.24. The molecule has 1 atom stereocenters. The summed E-state index contributed by atoms with van der Waals surface area (Å²) in [5.41, 5.74) is 2.94. The average molecular weight is 261 g/mol. The lowest BCUT2D eigenvalue weighted by molar-refractivity contribution is -0.137. The molecular weight excluding hydrogens is 242 g/mol. The molecule has 102 valence electrons. The van der Waals surface area contributed by atoms with Crippen LogP contribution in [0.25, 0.3) is 0 Å². The van der Waals surface area contributed by atoms with E-state index in [1.54, 1.807) is 11.8 Å². The third-order valence-electron chi connectivity index (χ3n) is 3.71. The molecule has 0 fully saturated rings. The summed E-state index contributed by atoms with van der Waals surface area (Å²) >= 11 is 0. The summed E-state index contributed by atoms with van der Waals surface area (Å²) in [6.07, 6.45) is 1.78. The molecule has 0 aromatic heterocycles. The van der Waals surface area contributed by atoms with Crippen molar-refractivity contribution >= 4 is 17.6 Å². The van der Waals surface area contributed by atoms with Crippen LogP contribution in [-0.2, 0) is 9.59 Å². The van der Waals surface area contributed by atoms with Crippen LogP contribution in [0, 0.1) is 6.92 Å². The first-order valence-corrected chi connectivity index (χ1v) is 6.60. The van der Waals surface area contributed by atoms with Crippen LogP contribution >= 0.6 is 0 Å². The van der Waals surface area contributed by atoms with Crippen LogP contribution < -0.4 is 4.90 Å². The molecule has 0 spiro atoms. The molecule has 0 saturated heterocycles. The van der Waals surface area contributed by atoms with Crippen LogP contribution in [-0.4, -0.2) is 23.5 Å². The van der Waals surface area contributed by atoms with Crippen molar-refractivity contribution in [3.05, 3.63) is 29.3 Å². The van der Waals surface area contributed by atoms with Crippen LogP contribution in [0.5, 0.6) is 0 Å². The average Bonchev–Trinajstić information content (AvgIpc) is 2.50. The number of carbonyl (C=O) groups is 2. The number of fused-ring (bicyclic) bond motifs is 1. The van der Waals surface area contributed by atoms with Crippen molar-refractivity contribution in [2.75, 3.05) is 11.4 Å². The number of hydrogen-bond acceptors (Lipinski definition) is 2. The molecular formula is C15H19NO3. The van der Waals surface area contributed by atoms with Crippen LogP contribution in [0.4, 0.5) is 5.69 Å². The summed E-state index contributed by atoms with van der Waals surface area (Å²) in [6.45, 7) is 4.20. The van der Waals surface area contributed by atoms with Crippen molar-refractivity contribution in [3.63, 3.8) is 0 Å². The lowest BCUT2D eigenvalue weighted by atomic mass is 9.90. The van der Waals surface area contributed by atoms with Gasteiger partial charge in [-0.05, 0) is 36.8 Å². The van der Waals surface area contributed by atoms with E-state index in [2.05, 4.69) is 0 Å². The van der Waals surface area contributed by atoms with E-state index < -0.39 is 5.97 Å². The number of anilines is 1. The van der Waals surface area contributed by atoms with Crippen molar-refractivity contribution in [1.82, 2.24) is 0 Å². The van der Waals surface area contributed by atoms with Crippen molar-refractivity contribution in [3.8, 4) is 0 Å². The number of carboxylic acids is 1. The van der Waals surface area contributed by atoms with E-state index in [0.717, 1.165) is 29.7 Å². The van der Waals surface area contributed by atoms with Gasteiger partial charge < -0.3 is 10.0 Å². The van der Waals surface area contributed by atoms with E-state index >= 15 is 0 Å². The van der Waals surface area contributed by atoms with Crippen molar-refractivity contribution in [2.45, 2.75) is 39.0 Å². The maximum Gasteiger partial charge on any atom is 0.303 e. The maximum atomic E-state index is 11.8. The molecule has 19 heavy (non-hydrogen) atoms. The van der Waals surface area contributed by atoms with Gasteiger partial charge in [0.2, 0.25) is 5.91 Å². The third kappa shape index (κ3) is 2.78. The number of benzene rings is 1. The molecule has 1 aliphatic heterocycles. The molecule has 4 nitrogen and oxygen atoms in total. The maximum absolute atomic E-state index is 11.8. The van der Waals surface area contributed by atoms with Gasteiger partial charge in [0.05, 0.1) is 6.42 Å². The highest BCUT2D eigenvalue weighted by Gasteiger charge is 2.27. The van der Waals surface area contributed by atoms with E-state index in [1.807, 2.05) is 25.1 Å². The van der Waals surface area contributed by atoms with Gasteiger partial charge in [0.25, 0.3) is 0 Å². The lowest BCUT2D eigenvalue weighted by Crippen LogP contribution is -2.29. The van der Waals surface area contributed by atoms with Crippen LogP contribution in [0.2, 0.25) is 0 Å². The molecule has 1 unspecified atom stereocenters. The first kappa shape index (κ1) is 13.6. The predicted molar refractivity (Wildman–Crippen MR) is 73.4 cm³/mol. The van der Waals surface area contributed by atoms with Gasteiger partial charge in [-0.1, -0.05) is 18.2 Å². The highest BCUT2D eigenvalue weighted by molar-refractivity contribution is 5.93. The Hall–Kier alpha value is -1.84. The minimum absolute atomic E-state index is 0.00301. The minimum Gasteiger partial charge on any atom is -0.481 e. The Morgan fingerprint density at radius 1 is 1.42 bits per heavy atom.